The molecule has 0 saturated heterocycles. The molecule has 1 amide bonds. The van der Waals surface area contributed by atoms with Gasteiger partial charge in [0.15, 0.2) is 4.80 Å². The molecule has 1 aromatic heterocycles. The molecule has 0 aliphatic carbocycles. The summed E-state index contributed by atoms with van der Waals surface area (Å²) in [5.41, 5.74) is 2.55. The van der Waals surface area contributed by atoms with E-state index in [1.165, 1.54) is 11.3 Å². The van der Waals surface area contributed by atoms with Gasteiger partial charge in [-0.2, -0.15) is 4.99 Å². The highest BCUT2D eigenvalue weighted by atomic mass is 32.1. The number of carbonyl (C=O) groups excluding carboxylic acids is 1. The average Bonchev–Trinajstić information content (AvgIpc) is 2.92. The third kappa shape index (κ3) is 3.03. The summed E-state index contributed by atoms with van der Waals surface area (Å²) in [7, 11) is 1.64. The second-order valence-electron chi connectivity index (χ2n) is 5.38. The molecule has 0 aliphatic rings. The number of nitrogens with zero attached hydrogens (tertiary/aromatic N) is 2. The van der Waals surface area contributed by atoms with Crippen molar-refractivity contribution in [3.8, 4) is 5.75 Å². The van der Waals surface area contributed by atoms with E-state index in [0.29, 0.717) is 16.9 Å². The van der Waals surface area contributed by atoms with Crippen molar-refractivity contribution in [3.63, 3.8) is 0 Å². The zero-order valence-corrected chi connectivity index (χ0v) is 14.5. The quantitative estimate of drug-likeness (QED) is 0.676. The fraction of sp³-hybridized carbons (Fsp3) is 0.158. The van der Waals surface area contributed by atoms with Crippen molar-refractivity contribution in [1.29, 1.82) is 0 Å². The van der Waals surface area contributed by atoms with Crippen LogP contribution in [-0.2, 0) is 6.54 Å². The van der Waals surface area contributed by atoms with E-state index in [1.807, 2.05) is 47.9 Å². The summed E-state index contributed by atoms with van der Waals surface area (Å²) in [6.45, 7) is 6.32. The van der Waals surface area contributed by atoms with Gasteiger partial charge in [0.1, 0.15) is 11.3 Å². The number of fused-ring (bicyclic) bond motifs is 1. The van der Waals surface area contributed by atoms with Crippen LogP contribution in [0.1, 0.15) is 15.9 Å². The highest BCUT2D eigenvalue weighted by Crippen LogP contribution is 2.27. The number of aryl methyl sites for hydroxylation is 1. The smallest absolute Gasteiger partial charge is 0.279 e. The Labute approximate surface area is 144 Å². The summed E-state index contributed by atoms with van der Waals surface area (Å²) in [6.07, 6.45) is 1.79. The Bertz CT molecular complexity index is 982. The van der Waals surface area contributed by atoms with Crippen LogP contribution in [0.4, 0.5) is 0 Å². The molecule has 0 saturated carbocycles. The lowest BCUT2D eigenvalue weighted by Crippen LogP contribution is -2.16. The van der Waals surface area contributed by atoms with Crippen LogP contribution in [0.25, 0.3) is 10.2 Å². The van der Waals surface area contributed by atoms with Crippen LogP contribution in [0.2, 0.25) is 0 Å². The molecule has 5 heteroatoms. The highest BCUT2D eigenvalue weighted by Gasteiger charge is 2.12. The maximum absolute atomic E-state index is 12.5. The molecule has 3 rings (SSSR count). The van der Waals surface area contributed by atoms with E-state index < -0.39 is 0 Å². The number of aromatic nitrogens is 1. The minimum atomic E-state index is -0.248. The Kier molecular flexibility index (Phi) is 4.62. The third-order valence-electron chi connectivity index (χ3n) is 3.66. The number of hydrogen-bond acceptors (Lipinski definition) is 3. The molecular weight excluding hydrogens is 320 g/mol. The van der Waals surface area contributed by atoms with Crippen molar-refractivity contribution in [1.82, 2.24) is 4.57 Å². The molecule has 4 nitrogen and oxygen atoms in total. The lowest BCUT2D eigenvalue weighted by atomic mass is 10.1. The molecule has 0 fully saturated rings. The monoisotopic (exact) mass is 338 g/mol. The summed E-state index contributed by atoms with van der Waals surface area (Å²) in [5, 5.41) is 0. The van der Waals surface area contributed by atoms with Crippen LogP contribution in [0, 0.1) is 6.92 Å². The second kappa shape index (κ2) is 6.84. The van der Waals surface area contributed by atoms with Gasteiger partial charge in [0.2, 0.25) is 0 Å². The zero-order chi connectivity index (χ0) is 17.1. The Balaban J connectivity index is 2.19. The number of methoxy groups -OCH3 is 1. The van der Waals surface area contributed by atoms with Gasteiger partial charge in [-0.05, 0) is 31.2 Å². The fourth-order valence-electron chi connectivity index (χ4n) is 2.58. The van der Waals surface area contributed by atoms with E-state index in [1.54, 1.807) is 19.3 Å². The van der Waals surface area contributed by atoms with Crippen LogP contribution in [0.5, 0.6) is 5.75 Å². The van der Waals surface area contributed by atoms with Crippen molar-refractivity contribution in [2.75, 3.05) is 7.11 Å². The maximum atomic E-state index is 12.5. The summed E-state index contributed by atoms with van der Waals surface area (Å²) < 4.78 is 8.44. The number of amides is 1. The average molecular weight is 338 g/mol. The summed E-state index contributed by atoms with van der Waals surface area (Å²) in [4.78, 5) is 17.5. The molecule has 0 bridgehead atoms. The van der Waals surface area contributed by atoms with Crippen molar-refractivity contribution in [2.45, 2.75) is 13.5 Å². The maximum Gasteiger partial charge on any atom is 0.279 e. The fourth-order valence-corrected chi connectivity index (χ4v) is 3.63. The van der Waals surface area contributed by atoms with Gasteiger partial charge in [-0.25, -0.2) is 0 Å². The van der Waals surface area contributed by atoms with Gasteiger partial charge in [-0.3, -0.25) is 4.79 Å². The molecule has 0 aliphatic heterocycles. The van der Waals surface area contributed by atoms with Gasteiger partial charge in [0.05, 0.1) is 11.8 Å². The molecule has 1 heterocycles. The highest BCUT2D eigenvalue weighted by molar-refractivity contribution is 7.16. The first-order valence-electron chi connectivity index (χ1n) is 7.57. The first-order chi connectivity index (χ1) is 11.6. The van der Waals surface area contributed by atoms with Crippen molar-refractivity contribution in [2.24, 2.45) is 4.99 Å². The van der Waals surface area contributed by atoms with Gasteiger partial charge < -0.3 is 9.30 Å². The number of benzene rings is 2. The molecule has 24 heavy (non-hydrogen) atoms. The Morgan fingerprint density at radius 2 is 2.12 bits per heavy atom. The van der Waals surface area contributed by atoms with Crippen LogP contribution in [0.15, 0.2) is 60.1 Å². The Hall–Kier alpha value is -2.66. The predicted octanol–water partition coefficient (Wildman–Crippen LogP) is 3.95. The number of allylic oxidation sites excluding steroid dienone is 1. The molecule has 3 aromatic rings. The molecule has 0 spiro atoms. The number of carbonyl (C=O) groups is 1. The van der Waals surface area contributed by atoms with Crippen molar-refractivity contribution >= 4 is 27.5 Å². The molecule has 0 radical (unpaired) electrons. The van der Waals surface area contributed by atoms with Crippen molar-refractivity contribution < 1.29 is 9.53 Å². The van der Waals surface area contributed by atoms with E-state index in [-0.39, 0.29) is 5.91 Å². The van der Waals surface area contributed by atoms with E-state index >= 15 is 0 Å². The molecule has 0 N–H and O–H groups in total. The number of para-hydroxylation sites is 1. The largest absolute Gasteiger partial charge is 0.495 e. The van der Waals surface area contributed by atoms with Gasteiger partial charge in [-0.15, -0.1) is 6.58 Å². The normalized spacial score (nSPS) is 11.7. The lowest BCUT2D eigenvalue weighted by Gasteiger charge is -2.06. The molecule has 2 aromatic carbocycles. The predicted molar refractivity (Wildman–Crippen MR) is 97.6 cm³/mol. The second-order valence-corrected chi connectivity index (χ2v) is 6.39. The van der Waals surface area contributed by atoms with Crippen molar-refractivity contribution in [3.05, 3.63) is 71.0 Å². The summed E-state index contributed by atoms with van der Waals surface area (Å²) in [5.74, 6) is 0.511. The topological polar surface area (TPSA) is 43.6 Å². The standard InChI is InChI=1S/C19H18N2O2S/c1-4-11-21-17-15(23-3)9-6-10-16(17)24-19(21)20-18(22)14-8-5-7-13(2)12-14/h4-10,12H,1,11H2,2-3H3. The summed E-state index contributed by atoms with van der Waals surface area (Å²) >= 11 is 1.47. The van der Waals surface area contributed by atoms with Gasteiger partial charge in [0.25, 0.3) is 5.91 Å². The first kappa shape index (κ1) is 16.2. The number of rotatable bonds is 4. The van der Waals surface area contributed by atoms with Crippen LogP contribution < -0.4 is 9.54 Å². The molecule has 0 atom stereocenters. The Morgan fingerprint density at radius 1 is 1.33 bits per heavy atom. The Morgan fingerprint density at radius 3 is 2.83 bits per heavy atom. The van der Waals surface area contributed by atoms with E-state index in [9.17, 15) is 4.79 Å². The number of ether oxygens (including phenoxy) is 1. The SMILES string of the molecule is C=CCn1c(=NC(=O)c2cccc(C)c2)sc2cccc(OC)c21. The number of hydrogen-bond donors (Lipinski definition) is 0. The van der Waals surface area contributed by atoms with E-state index in [2.05, 4.69) is 11.6 Å². The molecular formula is C19H18N2O2S. The summed E-state index contributed by atoms with van der Waals surface area (Å²) in [6, 6.07) is 13.3. The minimum absolute atomic E-state index is 0.248. The molecule has 0 unspecified atom stereocenters. The van der Waals surface area contributed by atoms with Gasteiger partial charge in [-0.1, -0.05) is 41.2 Å². The zero-order valence-electron chi connectivity index (χ0n) is 13.7. The third-order valence-corrected chi connectivity index (χ3v) is 4.70. The minimum Gasteiger partial charge on any atom is -0.495 e. The van der Waals surface area contributed by atoms with Gasteiger partial charge in [0, 0.05) is 12.1 Å². The van der Waals surface area contributed by atoms with E-state index in [0.717, 1.165) is 21.5 Å². The van der Waals surface area contributed by atoms with Crippen LogP contribution in [-0.4, -0.2) is 17.6 Å². The number of thiazole rings is 1. The van der Waals surface area contributed by atoms with E-state index in [4.69, 9.17) is 4.74 Å². The first-order valence-corrected chi connectivity index (χ1v) is 8.38. The molecule has 122 valence electrons. The van der Waals surface area contributed by atoms with Crippen LogP contribution in [0.3, 0.4) is 0 Å². The van der Waals surface area contributed by atoms with Gasteiger partial charge >= 0.3 is 0 Å². The van der Waals surface area contributed by atoms with Crippen LogP contribution >= 0.6 is 11.3 Å². The lowest BCUT2D eigenvalue weighted by molar-refractivity contribution is 0.0998.